The molecule has 2 aromatic rings. The molecule has 3 heteroatoms. The Morgan fingerprint density at radius 2 is 1.06 bits per heavy atom. The van der Waals surface area contributed by atoms with Crippen LogP contribution in [-0.4, -0.2) is 14.1 Å². The van der Waals surface area contributed by atoms with Crippen LogP contribution in [0.3, 0.4) is 0 Å². The van der Waals surface area contributed by atoms with Gasteiger partial charge in [-0.3, -0.25) is 4.48 Å². The molecule has 0 aliphatic rings. The van der Waals surface area contributed by atoms with Crippen molar-refractivity contribution in [1.29, 1.82) is 0 Å². The van der Waals surface area contributed by atoms with Gasteiger partial charge in [-0.05, 0) is 12.1 Å². The molecule has 0 aromatic heterocycles. The summed E-state index contributed by atoms with van der Waals surface area (Å²) in [6.45, 7) is 0. The van der Waals surface area contributed by atoms with E-state index in [0.717, 1.165) is 21.4 Å². The summed E-state index contributed by atoms with van der Waals surface area (Å²) in [4.78, 5) is 0. The minimum Gasteiger partial charge on any atom is -0.261 e. The average Bonchev–Trinajstić information content (AvgIpc) is 2.29. The summed E-state index contributed by atoms with van der Waals surface area (Å²) in [5, 5.41) is 1.50. The molecule has 0 amide bonds. The van der Waals surface area contributed by atoms with Crippen LogP contribution in [0.2, 0.25) is 10.0 Å². The third-order valence-electron chi connectivity index (χ3n) is 2.91. The van der Waals surface area contributed by atoms with Gasteiger partial charge in [0.15, 0.2) is 11.4 Å². The van der Waals surface area contributed by atoms with E-state index in [1.807, 2.05) is 48.5 Å². The number of halogens is 2. The minimum absolute atomic E-state index is 0.527. The van der Waals surface area contributed by atoms with Crippen molar-refractivity contribution in [3.63, 3.8) is 0 Å². The normalized spacial score (nSPS) is 11.5. The van der Waals surface area contributed by atoms with E-state index in [1.165, 1.54) is 0 Å². The smallest absolute Gasteiger partial charge is 0.156 e. The van der Waals surface area contributed by atoms with Crippen LogP contribution >= 0.6 is 23.2 Å². The lowest BCUT2D eigenvalue weighted by Gasteiger charge is -2.30. The maximum Gasteiger partial charge on any atom is 0.156 e. The van der Waals surface area contributed by atoms with E-state index in [4.69, 9.17) is 23.2 Å². The summed E-state index contributed by atoms with van der Waals surface area (Å²) >= 11 is 12.5. The first-order valence-electron chi connectivity index (χ1n) is 5.37. The second kappa shape index (κ2) is 4.69. The lowest BCUT2D eigenvalue weighted by Crippen LogP contribution is -2.34. The molecule has 0 saturated carbocycles. The van der Waals surface area contributed by atoms with Crippen LogP contribution in [0.5, 0.6) is 0 Å². The van der Waals surface area contributed by atoms with Crippen LogP contribution in [0.1, 0.15) is 0 Å². The molecule has 0 aliphatic heterocycles. The molecule has 0 N–H and O–H groups in total. The third-order valence-corrected chi connectivity index (χ3v) is 3.55. The van der Waals surface area contributed by atoms with Gasteiger partial charge in [-0.1, -0.05) is 47.5 Å². The molecule has 0 bridgehead atoms. The molecule has 0 radical (unpaired) electrons. The largest absolute Gasteiger partial charge is 0.261 e. The standard InChI is InChI=1S/C14H14Cl2N/c1-17(2,13-9-5-3-7-11(13)15)14-10-6-4-8-12(14)16/h3-10H,1-2H3/q+1. The quantitative estimate of drug-likeness (QED) is 0.679. The lowest BCUT2D eigenvalue weighted by atomic mass is 10.2. The van der Waals surface area contributed by atoms with E-state index in [-0.39, 0.29) is 0 Å². The van der Waals surface area contributed by atoms with Gasteiger partial charge in [0.25, 0.3) is 0 Å². The third kappa shape index (κ3) is 2.32. The van der Waals surface area contributed by atoms with E-state index in [1.54, 1.807) is 0 Å². The Morgan fingerprint density at radius 1 is 0.706 bits per heavy atom. The zero-order chi connectivity index (χ0) is 12.5. The van der Waals surface area contributed by atoms with Gasteiger partial charge >= 0.3 is 0 Å². The number of quaternary nitrogens is 1. The predicted molar refractivity (Wildman–Crippen MR) is 76.2 cm³/mol. The van der Waals surface area contributed by atoms with Crippen molar-refractivity contribution >= 4 is 34.6 Å². The molecule has 88 valence electrons. The van der Waals surface area contributed by atoms with E-state index in [9.17, 15) is 0 Å². The highest BCUT2D eigenvalue weighted by atomic mass is 35.5. The Morgan fingerprint density at radius 3 is 1.41 bits per heavy atom. The molecule has 1 nitrogen and oxygen atoms in total. The second-order valence-corrected chi connectivity index (χ2v) is 5.17. The molecule has 0 spiro atoms. The van der Waals surface area contributed by atoms with Crippen LogP contribution in [0.4, 0.5) is 11.4 Å². The monoisotopic (exact) mass is 266 g/mol. The van der Waals surface area contributed by atoms with Crippen molar-refractivity contribution in [1.82, 2.24) is 4.48 Å². The van der Waals surface area contributed by atoms with Crippen molar-refractivity contribution in [3.8, 4) is 0 Å². The molecule has 0 saturated heterocycles. The second-order valence-electron chi connectivity index (χ2n) is 4.36. The number of rotatable bonds is 2. The average molecular weight is 267 g/mol. The highest BCUT2D eigenvalue weighted by Crippen LogP contribution is 2.39. The Labute approximate surface area is 112 Å². The van der Waals surface area contributed by atoms with Gasteiger partial charge in [0.1, 0.15) is 10.0 Å². The predicted octanol–water partition coefficient (Wildman–Crippen LogP) is 4.89. The van der Waals surface area contributed by atoms with Gasteiger partial charge in [-0.25, -0.2) is 0 Å². The molecule has 0 unspecified atom stereocenters. The Hall–Kier alpha value is -1.02. The first-order valence-corrected chi connectivity index (χ1v) is 6.13. The van der Waals surface area contributed by atoms with Crippen molar-refractivity contribution in [3.05, 3.63) is 58.6 Å². The fourth-order valence-electron chi connectivity index (χ4n) is 1.94. The summed E-state index contributed by atoms with van der Waals surface area (Å²) in [5.41, 5.74) is 2.06. The molecular formula is C14H14Cl2N+. The van der Waals surface area contributed by atoms with Crippen molar-refractivity contribution in [2.24, 2.45) is 0 Å². The topological polar surface area (TPSA) is 0 Å². The van der Waals surface area contributed by atoms with Crippen molar-refractivity contribution < 1.29 is 0 Å². The number of nitrogens with zero attached hydrogens (tertiary/aromatic N) is 1. The molecule has 0 heterocycles. The molecule has 0 aliphatic carbocycles. The van der Waals surface area contributed by atoms with E-state index in [0.29, 0.717) is 4.48 Å². The number of para-hydroxylation sites is 2. The van der Waals surface area contributed by atoms with Gasteiger partial charge in [0, 0.05) is 12.1 Å². The first kappa shape index (κ1) is 12.4. The molecule has 2 rings (SSSR count). The van der Waals surface area contributed by atoms with E-state index >= 15 is 0 Å². The summed E-state index contributed by atoms with van der Waals surface area (Å²) in [6.07, 6.45) is 0. The summed E-state index contributed by atoms with van der Waals surface area (Å²) in [6, 6.07) is 15.7. The van der Waals surface area contributed by atoms with Crippen LogP contribution < -0.4 is 4.48 Å². The lowest BCUT2D eigenvalue weighted by molar-refractivity contribution is 0.555. The van der Waals surface area contributed by atoms with Crippen LogP contribution in [-0.2, 0) is 0 Å². The number of hydrogen-bond acceptors (Lipinski definition) is 0. The zero-order valence-corrected chi connectivity index (χ0v) is 11.3. The Kier molecular flexibility index (Phi) is 3.43. The molecule has 2 aromatic carbocycles. The highest BCUT2D eigenvalue weighted by Gasteiger charge is 2.27. The van der Waals surface area contributed by atoms with Crippen molar-refractivity contribution in [2.45, 2.75) is 0 Å². The van der Waals surface area contributed by atoms with Gasteiger partial charge in [0.2, 0.25) is 0 Å². The van der Waals surface area contributed by atoms with Gasteiger partial charge < -0.3 is 0 Å². The first-order chi connectivity index (χ1) is 8.03. The SMILES string of the molecule is C[N+](C)(c1ccccc1Cl)c1ccccc1Cl. The fourth-order valence-corrected chi connectivity index (χ4v) is 2.63. The van der Waals surface area contributed by atoms with Crippen molar-refractivity contribution in [2.75, 3.05) is 14.1 Å². The maximum absolute atomic E-state index is 6.25. The number of hydrogen-bond donors (Lipinski definition) is 0. The summed E-state index contributed by atoms with van der Waals surface area (Å²) in [5.74, 6) is 0. The number of benzene rings is 2. The molecule has 17 heavy (non-hydrogen) atoms. The van der Waals surface area contributed by atoms with Gasteiger partial charge in [-0.2, -0.15) is 0 Å². The Bertz CT molecular complexity index is 488. The van der Waals surface area contributed by atoms with E-state index in [2.05, 4.69) is 14.1 Å². The minimum atomic E-state index is 0.527. The summed E-state index contributed by atoms with van der Waals surface area (Å²) < 4.78 is 0.527. The highest BCUT2D eigenvalue weighted by molar-refractivity contribution is 6.34. The molecule has 0 fully saturated rings. The molecular weight excluding hydrogens is 253 g/mol. The van der Waals surface area contributed by atoms with Crippen LogP contribution in [0, 0.1) is 0 Å². The maximum atomic E-state index is 6.25. The van der Waals surface area contributed by atoms with Gasteiger partial charge in [0.05, 0.1) is 14.1 Å². The van der Waals surface area contributed by atoms with E-state index < -0.39 is 0 Å². The van der Waals surface area contributed by atoms with Crippen LogP contribution in [0.25, 0.3) is 0 Å². The van der Waals surface area contributed by atoms with Gasteiger partial charge in [-0.15, -0.1) is 0 Å². The summed E-state index contributed by atoms with van der Waals surface area (Å²) in [7, 11) is 4.14. The Balaban J connectivity index is 2.58. The van der Waals surface area contributed by atoms with Crippen LogP contribution in [0.15, 0.2) is 48.5 Å². The fraction of sp³-hybridized carbons (Fsp3) is 0.143. The zero-order valence-electron chi connectivity index (χ0n) is 9.82. The molecule has 0 atom stereocenters.